The van der Waals surface area contributed by atoms with Crippen LogP contribution in [-0.2, 0) is 14.8 Å². The lowest BCUT2D eigenvalue weighted by molar-refractivity contribution is 0.168. The largest absolute Gasteiger partial charge is 0.395 e. The smallest absolute Gasteiger partial charge is 0.243 e. The van der Waals surface area contributed by atoms with E-state index in [1.54, 1.807) is 12.1 Å². The number of aliphatic hydroxyl groups is 1. The van der Waals surface area contributed by atoms with E-state index in [2.05, 4.69) is 15.9 Å². The fourth-order valence-electron chi connectivity index (χ4n) is 1.41. The van der Waals surface area contributed by atoms with Crippen LogP contribution in [0, 0.1) is 0 Å². The lowest BCUT2D eigenvalue weighted by Gasteiger charge is -2.20. The fraction of sp³-hybridized carbons (Fsp3) is 0.455. The molecule has 0 radical (unpaired) electrons. The van der Waals surface area contributed by atoms with Gasteiger partial charge in [-0.3, -0.25) is 0 Å². The zero-order valence-corrected chi connectivity index (χ0v) is 12.4. The molecule has 1 N–H and O–H groups in total. The van der Waals surface area contributed by atoms with Crippen molar-refractivity contribution < 1.29 is 18.3 Å². The molecule has 0 saturated carbocycles. The second kappa shape index (κ2) is 7.20. The molecular formula is C11H16BrNO4S. The highest BCUT2D eigenvalue weighted by atomic mass is 79.9. The monoisotopic (exact) mass is 337 g/mol. The van der Waals surface area contributed by atoms with Gasteiger partial charge in [0.1, 0.15) is 0 Å². The Morgan fingerprint density at radius 3 is 2.39 bits per heavy atom. The molecule has 0 aliphatic heterocycles. The van der Waals surface area contributed by atoms with Crippen molar-refractivity contribution in [2.75, 3.05) is 33.4 Å². The highest BCUT2D eigenvalue weighted by Crippen LogP contribution is 2.18. The van der Waals surface area contributed by atoms with Gasteiger partial charge < -0.3 is 9.84 Å². The highest BCUT2D eigenvalue weighted by molar-refractivity contribution is 9.10. The number of methoxy groups -OCH3 is 1. The Balaban J connectivity index is 2.96. The van der Waals surface area contributed by atoms with Gasteiger partial charge >= 0.3 is 0 Å². The zero-order chi connectivity index (χ0) is 13.6. The molecule has 0 atom stereocenters. The molecule has 0 heterocycles. The van der Waals surface area contributed by atoms with Gasteiger partial charge in [-0.05, 0) is 24.3 Å². The summed E-state index contributed by atoms with van der Waals surface area (Å²) in [4.78, 5) is 0.204. The second-order valence-corrected chi connectivity index (χ2v) is 6.43. The summed E-state index contributed by atoms with van der Waals surface area (Å²) < 4.78 is 31.5. The maximum Gasteiger partial charge on any atom is 0.243 e. The maximum absolute atomic E-state index is 12.3. The second-order valence-electron chi connectivity index (χ2n) is 3.57. The zero-order valence-electron chi connectivity index (χ0n) is 10.0. The Labute approximate surface area is 116 Å². The topological polar surface area (TPSA) is 66.8 Å². The number of hydrogen-bond donors (Lipinski definition) is 1. The molecule has 5 nitrogen and oxygen atoms in total. The van der Waals surface area contributed by atoms with E-state index in [1.165, 1.54) is 23.5 Å². The molecule has 0 saturated heterocycles. The lowest BCUT2D eigenvalue weighted by Crippen LogP contribution is -2.36. The molecule has 7 heteroatoms. The van der Waals surface area contributed by atoms with Crippen LogP contribution in [0.5, 0.6) is 0 Å². The van der Waals surface area contributed by atoms with E-state index in [0.29, 0.717) is 0 Å². The van der Waals surface area contributed by atoms with Gasteiger partial charge in [0.15, 0.2) is 0 Å². The molecule has 0 bridgehead atoms. The summed E-state index contributed by atoms with van der Waals surface area (Å²) in [7, 11) is -2.08. The molecular weight excluding hydrogens is 322 g/mol. The van der Waals surface area contributed by atoms with E-state index < -0.39 is 10.0 Å². The van der Waals surface area contributed by atoms with Crippen molar-refractivity contribution in [1.82, 2.24) is 4.31 Å². The molecule has 0 aliphatic rings. The SMILES string of the molecule is COCCN(CCO)S(=O)(=O)c1ccc(Br)cc1. The van der Waals surface area contributed by atoms with Crippen LogP contribution in [0.2, 0.25) is 0 Å². The van der Waals surface area contributed by atoms with Crippen LogP contribution in [0.1, 0.15) is 0 Å². The van der Waals surface area contributed by atoms with Crippen molar-refractivity contribution in [2.45, 2.75) is 4.90 Å². The van der Waals surface area contributed by atoms with Gasteiger partial charge in [0.05, 0.1) is 18.1 Å². The fourth-order valence-corrected chi connectivity index (χ4v) is 3.09. The van der Waals surface area contributed by atoms with Crippen LogP contribution >= 0.6 is 15.9 Å². The molecule has 0 amide bonds. The Morgan fingerprint density at radius 1 is 1.28 bits per heavy atom. The Hall–Kier alpha value is -0.470. The predicted octanol–water partition coefficient (Wildman–Crippen LogP) is 1.08. The highest BCUT2D eigenvalue weighted by Gasteiger charge is 2.23. The number of hydrogen-bond acceptors (Lipinski definition) is 4. The minimum atomic E-state index is -3.58. The summed E-state index contributed by atoms with van der Waals surface area (Å²) in [5.41, 5.74) is 0. The van der Waals surface area contributed by atoms with Gasteiger partial charge in [0.2, 0.25) is 10.0 Å². The van der Waals surface area contributed by atoms with Crippen LogP contribution < -0.4 is 0 Å². The average Bonchev–Trinajstić information content (AvgIpc) is 2.35. The first-order chi connectivity index (χ1) is 8.52. The Kier molecular flexibility index (Phi) is 6.24. The van der Waals surface area contributed by atoms with E-state index >= 15 is 0 Å². The minimum Gasteiger partial charge on any atom is -0.395 e. The third kappa shape index (κ3) is 4.03. The first-order valence-electron chi connectivity index (χ1n) is 5.38. The van der Waals surface area contributed by atoms with Crippen LogP contribution in [0.25, 0.3) is 0 Å². The number of halogens is 1. The molecule has 0 aliphatic carbocycles. The van der Waals surface area contributed by atoms with Crippen LogP contribution in [0.3, 0.4) is 0 Å². The van der Waals surface area contributed by atoms with Gasteiger partial charge in [-0.1, -0.05) is 15.9 Å². The summed E-state index contributed by atoms with van der Waals surface area (Å²) in [5, 5.41) is 8.94. The first-order valence-corrected chi connectivity index (χ1v) is 7.61. The van der Waals surface area contributed by atoms with E-state index in [4.69, 9.17) is 9.84 Å². The standard InChI is InChI=1S/C11H16BrNO4S/c1-17-9-7-13(6-8-14)18(15,16)11-4-2-10(12)3-5-11/h2-5,14H,6-9H2,1H3. The molecule has 18 heavy (non-hydrogen) atoms. The molecule has 0 aromatic heterocycles. The van der Waals surface area contributed by atoms with Gasteiger partial charge in [-0.2, -0.15) is 4.31 Å². The minimum absolute atomic E-state index is 0.0573. The molecule has 1 aromatic rings. The Bertz CT molecular complexity index is 460. The quantitative estimate of drug-likeness (QED) is 0.808. The van der Waals surface area contributed by atoms with Gasteiger partial charge in [0, 0.05) is 24.7 Å². The number of benzene rings is 1. The third-order valence-corrected chi connectivity index (χ3v) is 4.79. The van der Waals surface area contributed by atoms with Crippen LogP contribution in [-0.4, -0.2) is 51.2 Å². The lowest BCUT2D eigenvalue weighted by atomic mass is 10.4. The molecule has 102 valence electrons. The van der Waals surface area contributed by atoms with Crippen molar-refractivity contribution in [3.8, 4) is 0 Å². The van der Waals surface area contributed by atoms with Crippen molar-refractivity contribution in [1.29, 1.82) is 0 Å². The number of ether oxygens (including phenoxy) is 1. The number of rotatable bonds is 7. The summed E-state index contributed by atoms with van der Waals surface area (Å²) in [6, 6.07) is 6.38. The molecule has 1 aromatic carbocycles. The Morgan fingerprint density at radius 2 is 1.89 bits per heavy atom. The summed E-state index contributed by atoms with van der Waals surface area (Å²) in [6.07, 6.45) is 0. The number of aliphatic hydroxyl groups excluding tert-OH is 1. The average molecular weight is 338 g/mol. The van der Waals surface area contributed by atoms with Gasteiger partial charge in [-0.25, -0.2) is 8.42 Å². The third-order valence-electron chi connectivity index (χ3n) is 2.35. The number of nitrogens with zero attached hydrogens (tertiary/aromatic N) is 1. The molecule has 0 spiro atoms. The maximum atomic E-state index is 12.3. The first kappa shape index (κ1) is 15.6. The summed E-state index contributed by atoms with van der Waals surface area (Å²) in [6.45, 7) is 0.340. The number of sulfonamides is 1. The van der Waals surface area contributed by atoms with Gasteiger partial charge in [-0.15, -0.1) is 0 Å². The summed E-state index contributed by atoms with van der Waals surface area (Å²) in [5.74, 6) is 0. The van der Waals surface area contributed by atoms with Crippen molar-refractivity contribution in [2.24, 2.45) is 0 Å². The van der Waals surface area contributed by atoms with Crippen molar-refractivity contribution in [3.05, 3.63) is 28.7 Å². The summed E-state index contributed by atoms with van der Waals surface area (Å²) >= 11 is 3.25. The van der Waals surface area contributed by atoms with Crippen LogP contribution in [0.4, 0.5) is 0 Å². The van der Waals surface area contributed by atoms with E-state index in [1.807, 2.05) is 0 Å². The molecule has 0 fully saturated rings. The normalized spacial score (nSPS) is 12.0. The van der Waals surface area contributed by atoms with Crippen LogP contribution in [0.15, 0.2) is 33.6 Å². The van der Waals surface area contributed by atoms with E-state index in [9.17, 15) is 8.42 Å². The predicted molar refractivity (Wildman–Crippen MR) is 71.9 cm³/mol. The molecule has 0 unspecified atom stereocenters. The van der Waals surface area contributed by atoms with Crippen molar-refractivity contribution in [3.63, 3.8) is 0 Å². The van der Waals surface area contributed by atoms with Gasteiger partial charge in [0.25, 0.3) is 0 Å². The van der Waals surface area contributed by atoms with E-state index in [-0.39, 0.29) is 31.2 Å². The van der Waals surface area contributed by atoms with E-state index in [0.717, 1.165) is 4.47 Å². The van der Waals surface area contributed by atoms with Crippen molar-refractivity contribution >= 4 is 26.0 Å². The molecule has 1 rings (SSSR count).